The number of alkyl halides is 1. The van der Waals surface area contributed by atoms with Crippen molar-refractivity contribution in [3.8, 4) is 11.5 Å². The summed E-state index contributed by atoms with van der Waals surface area (Å²) in [5.41, 5.74) is 1.30. The Balaban J connectivity index is 2.48. The first-order valence-corrected chi connectivity index (χ1v) is 7.30. The summed E-state index contributed by atoms with van der Waals surface area (Å²) in [6.07, 6.45) is 3.14. The zero-order chi connectivity index (χ0) is 13.3. The first kappa shape index (κ1) is 14.0. The Morgan fingerprint density at radius 1 is 1.33 bits per heavy atom. The smallest absolute Gasteiger partial charge is 0.140 e. The van der Waals surface area contributed by atoms with Gasteiger partial charge in [0.25, 0.3) is 0 Å². The van der Waals surface area contributed by atoms with E-state index < -0.39 is 0 Å². The van der Waals surface area contributed by atoms with Crippen molar-refractivity contribution < 1.29 is 9.47 Å². The molecule has 100 valence electrons. The maximum atomic E-state index is 6.26. The van der Waals surface area contributed by atoms with Gasteiger partial charge in [-0.3, -0.25) is 0 Å². The van der Waals surface area contributed by atoms with Gasteiger partial charge in [-0.25, -0.2) is 0 Å². The lowest BCUT2D eigenvalue weighted by Crippen LogP contribution is -2.19. The fourth-order valence-corrected chi connectivity index (χ4v) is 3.90. The van der Waals surface area contributed by atoms with Crippen molar-refractivity contribution in [1.82, 2.24) is 0 Å². The summed E-state index contributed by atoms with van der Waals surface area (Å²) in [5, 5.41) is 0.264. The molecule has 1 aromatic carbocycles. The van der Waals surface area contributed by atoms with Crippen molar-refractivity contribution in [2.45, 2.75) is 37.0 Å². The van der Waals surface area contributed by atoms with Crippen LogP contribution in [0.25, 0.3) is 0 Å². The first-order chi connectivity index (χ1) is 8.51. The molecule has 0 aromatic heterocycles. The highest BCUT2D eigenvalue weighted by Gasteiger charge is 2.38. The molecule has 0 N–H and O–H groups in total. The molecule has 1 aliphatic rings. The third kappa shape index (κ3) is 2.35. The number of ether oxygens (including phenoxy) is 2. The summed E-state index contributed by atoms with van der Waals surface area (Å²) in [6, 6.07) is 4.08. The number of hydrogen-bond donors (Lipinski definition) is 0. The molecule has 0 heterocycles. The fraction of sp³-hybridized carbons (Fsp3) is 0.571. The minimum absolute atomic E-state index is 0.0898. The third-order valence-electron chi connectivity index (χ3n) is 3.82. The molecule has 1 fully saturated rings. The Kier molecular flexibility index (Phi) is 4.12. The van der Waals surface area contributed by atoms with E-state index in [4.69, 9.17) is 21.1 Å². The molecule has 4 heteroatoms. The highest BCUT2D eigenvalue weighted by molar-refractivity contribution is 9.10. The minimum Gasteiger partial charge on any atom is -0.495 e. The maximum Gasteiger partial charge on any atom is 0.140 e. The van der Waals surface area contributed by atoms with E-state index >= 15 is 0 Å². The van der Waals surface area contributed by atoms with E-state index in [9.17, 15) is 0 Å². The fourth-order valence-electron chi connectivity index (χ4n) is 2.78. The molecule has 2 nitrogen and oxygen atoms in total. The number of methoxy groups -OCH3 is 2. The van der Waals surface area contributed by atoms with Crippen LogP contribution in [0.1, 0.15) is 31.7 Å². The second-order valence-corrected chi connectivity index (χ2v) is 6.47. The van der Waals surface area contributed by atoms with Gasteiger partial charge in [-0.2, -0.15) is 0 Å². The number of hydrogen-bond acceptors (Lipinski definition) is 2. The van der Waals surface area contributed by atoms with Gasteiger partial charge < -0.3 is 9.47 Å². The molecule has 0 amide bonds. The van der Waals surface area contributed by atoms with Gasteiger partial charge >= 0.3 is 0 Å². The zero-order valence-electron chi connectivity index (χ0n) is 10.9. The van der Waals surface area contributed by atoms with E-state index in [0.717, 1.165) is 35.2 Å². The van der Waals surface area contributed by atoms with Gasteiger partial charge in [0.15, 0.2) is 0 Å². The van der Waals surface area contributed by atoms with Crippen LogP contribution in [0, 0.1) is 0 Å². The van der Waals surface area contributed by atoms with Crippen molar-refractivity contribution in [3.63, 3.8) is 0 Å². The predicted octanol–water partition coefficient (Wildman–Crippen LogP) is 4.52. The summed E-state index contributed by atoms with van der Waals surface area (Å²) < 4.78 is 11.7. The van der Waals surface area contributed by atoms with Crippen molar-refractivity contribution in [2.24, 2.45) is 0 Å². The zero-order valence-corrected chi connectivity index (χ0v) is 13.3. The van der Waals surface area contributed by atoms with Crippen LogP contribution in [0.2, 0.25) is 0 Å². The van der Waals surface area contributed by atoms with E-state index in [1.807, 2.05) is 6.07 Å². The molecule has 0 bridgehead atoms. The summed E-state index contributed by atoms with van der Waals surface area (Å²) in [7, 11) is 3.35. The predicted molar refractivity (Wildman–Crippen MR) is 78.1 cm³/mol. The lowest BCUT2D eigenvalue weighted by molar-refractivity contribution is 0.371. The lowest BCUT2D eigenvalue weighted by Gasteiger charge is -2.27. The van der Waals surface area contributed by atoms with Gasteiger partial charge in [0.2, 0.25) is 0 Å². The van der Waals surface area contributed by atoms with Crippen molar-refractivity contribution in [3.05, 3.63) is 22.2 Å². The summed E-state index contributed by atoms with van der Waals surface area (Å²) in [6.45, 7) is 2.26. The van der Waals surface area contributed by atoms with Crippen LogP contribution in [0.5, 0.6) is 11.5 Å². The minimum atomic E-state index is 0.0898. The summed E-state index contributed by atoms with van der Waals surface area (Å²) in [5.74, 6) is 1.65. The normalized spacial score (nSPS) is 27.3. The van der Waals surface area contributed by atoms with Crippen LogP contribution in [0.4, 0.5) is 0 Å². The van der Waals surface area contributed by atoms with Crippen LogP contribution in [-0.4, -0.2) is 19.6 Å². The quantitative estimate of drug-likeness (QED) is 0.757. The van der Waals surface area contributed by atoms with Gasteiger partial charge in [-0.15, -0.1) is 11.6 Å². The molecule has 1 aromatic rings. The summed E-state index contributed by atoms with van der Waals surface area (Å²) in [4.78, 5) is 0. The molecule has 1 saturated carbocycles. The molecule has 1 aliphatic carbocycles. The van der Waals surface area contributed by atoms with Gasteiger partial charge in [0.1, 0.15) is 16.0 Å². The van der Waals surface area contributed by atoms with E-state index in [-0.39, 0.29) is 10.8 Å². The van der Waals surface area contributed by atoms with Crippen molar-refractivity contribution >= 4 is 27.5 Å². The maximum absolute atomic E-state index is 6.26. The Labute approximate surface area is 122 Å². The third-order valence-corrected chi connectivity index (χ3v) is 4.94. The molecule has 0 aliphatic heterocycles. The molecule has 0 radical (unpaired) electrons. The second-order valence-electron chi connectivity index (χ2n) is 5.06. The number of rotatable bonds is 3. The van der Waals surface area contributed by atoms with Crippen LogP contribution in [0.15, 0.2) is 16.6 Å². The number of benzene rings is 1. The SMILES string of the molecule is COc1ccc(C2(C)CCC(Cl)C2)c(OC)c1Br. The van der Waals surface area contributed by atoms with Gasteiger partial charge in [-0.1, -0.05) is 13.0 Å². The molecule has 18 heavy (non-hydrogen) atoms. The van der Waals surface area contributed by atoms with E-state index in [2.05, 4.69) is 28.9 Å². The van der Waals surface area contributed by atoms with Gasteiger partial charge in [0, 0.05) is 10.9 Å². The van der Waals surface area contributed by atoms with Crippen LogP contribution in [-0.2, 0) is 5.41 Å². The van der Waals surface area contributed by atoms with Gasteiger partial charge in [0.05, 0.1) is 14.2 Å². The molecular formula is C14H18BrClO2. The van der Waals surface area contributed by atoms with Crippen LogP contribution in [0.3, 0.4) is 0 Å². The lowest BCUT2D eigenvalue weighted by atomic mass is 9.80. The molecular weight excluding hydrogens is 316 g/mol. The van der Waals surface area contributed by atoms with Crippen molar-refractivity contribution in [2.75, 3.05) is 14.2 Å². The standard InChI is InChI=1S/C14H18BrClO2/c1-14(7-6-9(16)8-14)10-4-5-11(17-2)12(15)13(10)18-3/h4-5,9H,6-8H2,1-3H3. The topological polar surface area (TPSA) is 18.5 Å². The monoisotopic (exact) mass is 332 g/mol. The Bertz CT molecular complexity index is 450. The van der Waals surface area contributed by atoms with Crippen LogP contribution >= 0.6 is 27.5 Å². The molecule has 0 saturated heterocycles. The Morgan fingerprint density at radius 2 is 2.06 bits per heavy atom. The molecule has 2 unspecified atom stereocenters. The van der Waals surface area contributed by atoms with Gasteiger partial charge in [-0.05, 0) is 46.7 Å². The van der Waals surface area contributed by atoms with E-state index in [1.165, 1.54) is 5.56 Å². The average molecular weight is 334 g/mol. The van der Waals surface area contributed by atoms with Crippen molar-refractivity contribution in [1.29, 1.82) is 0 Å². The Hall–Kier alpha value is -0.410. The molecule has 2 rings (SSSR count). The second kappa shape index (κ2) is 5.30. The largest absolute Gasteiger partial charge is 0.495 e. The Morgan fingerprint density at radius 3 is 2.56 bits per heavy atom. The number of halogens is 2. The summed E-state index contributed by atoms with van der Waals surface area (Å²) >= 11 is 9.82. The van der Waals surface area contributed by atoms with Crippen LogP contribution < -0.4 is 9.47 Å². The highest BCUT2D eigenvalue weighted by atomic mass is 79.9. The van der Waals surface area contributed by atoms with E-state index in [1.54, 1.807) is 14.2 Å². The first-order valence-electron chi connectivity index (χ1n) is 6.07. The average Bonchev–Trinajstić information content (AvgIpc) is 2.70. The molecule has 2 atom stereocenters. The van der Waals surface area contributed by atoms with E-state index in [0.29, 0.717) is 0 Å². The highest BCUT2D eigenvalue weighted by Crippen LogP contribution is 2.49. The molecule has 0 spiro atoms.